The van der Waals surface area contributed by atoms with Gasteiger partial charge in [-0.1, -0.05) is 18.2 Å². The van der Waals surface area contributed by atoms with Gasteiger partial charge < -0.3 is 20.3 Å². The van der Waals surface area contributed by atoms with Crippen molar-refractivity contribution in [2.24, 2.45) is 11.7 Å². The third-order valence-electron chi connectivity index (χ3n) is 5.16. The summed E-state index contributed by atoms with van der Waals surface area (Å²) in [6.45, 7) is 3.14. The number of benzene rings is 1. The monoisotopic (exact) mass is 359 g/mol. The maximum atomic E-state index is 12.8. The van der Waals surface area contributed by atoms with Crippen LogP contribution in [0.5, 0.6) is 0 Å². The van der Waals surface area contributed by atoms with E-state index in [2.05, 4.69) is 0 Å². The standard InChI is InChI=1S/C19H25N3O4/c1-13(26-18(24)15-8-11-21(12-9-15)19(20)25)17(23)22-10-4-6-14-5-2-3-7-16(14)22/h2-3,5,7,13,15H,4,6,8-12H2,1H3,(H2,20,25)/t13-/m0/s1. The number of nitrogens with two attached hydrogens (primary N) is 1. The number of likely N-dealkylation sites (tertiary alicyclic amines) is 1. The van der Waals surface area contributed by atoms with Crippen molar-refractivity contribution in [3.05, 3.63) is 29.8 Å². The van der Waals surface area contributed by atoms with Gasteiger partial charge in [-0.2, -0.15) is 0 Å². The number of aryl methyl sites for hydroxylation is 1. The van der Waals surface area contributed by atoms with E-state index in [4.69, 9.17) is 10.5 Å². The van der Waals surface area contributed by atoms with Crippen LogP contribution in [0.25, 0.3) is 0 Å². The molecule has 0 aliphatic carbocycles. The molecule has 2 aliphatic rings. The van der Waals surface area contributed by atoms with Crippen LogP contribution in [0.15, 0.2) is 24.3 Å². The van der Waals surface area contributed by atoms with Crippen molar-refractivity contribution in [1.29, 1.82) is 0 Å². The Morgan fingerprint density at radius 1 is 1.15 bits per heavy atom. The molecule has 140 valence electrons. The van der Waals surface area contributed by atoms with Crippen LogP contribution in [0.2, 0.25) is 0 Å². The number of carbonyl (C=O) groups excluding carboxylic acids is 3. The molecule has 1 fully saturated rings. The molecule has 7 heteroatoms. The van der Waals surface area contributed by atoms with Crippen molar-refractivity contribution in [2.45, 2.75) is 38.7 Å². The number of para-hydroxylation sites is 1. The minimum atomic E-state index is -0.831. The van der Waals surface area contributed by atoms with Crippen LogP contribution in [-0.2, 0) is 20.7 Å². The number of carbonyl (C=O) groups is 3. The number of primary amides is 1. The number of rotatable bonds is 3. The molecule has 3 rings (SSSR count). The summed E-state index contributed by atoms with van der Waals surface area (Å²) in [5.41, 5.74) is 7.30. The number of amides is 3. The molecule has 7 nitrogen and oxygen atoms in total. The maximum absolute atomic E-state index is 12.8. The molecule has 3 amide bonds. The molecular formula is C19H25N3O4. The summed E-state index contributed by atoms with van der Waals surface area (Å²) in [4.78, 5) is 39.6. The average molecular weight is 359 g/mol. The fourth-order valence-corrected chi connectivity index (χ4v) is 3.64. The smallest absolute Gasteiger partial charge is 0.314 e. The number of anilines is 1. The Hall–Kier alpha value is -2.57. The lowest BCUT2D eigenvalue weighted by molar-refractivity contribution is -0.159. The summed E-state index contributed by atoms with van der Waals surface area (Å²) in [6.07, 6.45) is 2.04. The molecule has 0 unspecified atom stereocenters. The first-order valence-electron chi connectivity index (χ1n) is 9.11. The second-order valence-electron chi connectivity index (χ2n) is 6.90. The Morgan fingerprint density at radius 2 is 1.85 bits per heavy atom. The molecule has 1 saturated heterocycles. The van der Waals surface area contributed by atoms with Crippen molar-refractivity contribution in [2.75, 3.05) is 24.5 Å². The zero-order valence-electron chi connectivity index (χ0n) is 15.0. The van der Waals surface area contributed by atoms with Crippen molar-refractivity contribution in [1.82, 2.24) is 4.90 Å². The van der Waals surface area contributed by atoms with Crippen LogP contribution in [0, 0.1) is 5.92 Å². The van der Waals surface area contributed by atoms with Gasteiger partial charge in [0.15, 0.2) is 6.10 Å². The van der Waals surface area contributed by atoms with Crippen LogP contribution in [0.3, 0.4) is 0 Å². The van der Waals surface area contributed by atoms with Crippen LogP contribution in [0.4, 0.5) is 10.5 Å². The summed E-state index contributed by atoms with van der Waals surface area (Å²) in [5.74, 6) is -0.866. The second-order valence-corrected chi connectivity index (χ2v) is 6.90. The third kappa shape index (κ3) is 3.81. The van der Waals surface area contributed by atoms with Gasteiger partial charge in [-0.3, -0.25) is 9.59 Å². The zero-order valence-corrected chi connectivity index (χ0v) is 15.0. The van der Waals surface area contributed by atoms with Crippen molar-refractivity contribution in [3.8, 4) is 0 Å². The summed E-state index contributed by atoms with van der Waals surface area (Å²) in [6, 6.07) is 7.37. The Labute approximate surface area is 153 Å². The fourth-order valence-electron chi connectivity index (χ4n) is 3.64. The number of esters is 1. The van der Waals surface area contributed by atoms with Crippen LogP contribution < -0.4 is 10.6 Å². The largest absolute Gasteiger partial charge is 0.452 e. The second kappa shape index (κ2) is 7.76. The lowest BCUT2D eigenvalue weighted by Gasteiger charge is -2.32. The predicted molar refractivity (Wildman–Crippen MR) is 96.6 cm³/mol. The highest BCUT2D eigenvalue weighted by Gasteiger charge is 2.32. The van der Waals surface area contributed by atoms with E-state index in [0.29, 0.717) is 32.5 Å². The van der Waals surface area contributed by atoms with Crippen molar-refractivity contribution >= 4 is 23.6 Å². The first kappa shape index (κ1) is 18.2. The molecule has 2 heterocycles. The number of hydrogen-bond acceptors (Lipinski definition) is 4. The number of ether oxygens (including phenoxy) is 1. The highest BCUT2D eigenvalue weighted by atomic mass is 16.5. The van der Waals surface area contributed by atoms with E-state index in [1.165, 1.54) is 4.90 Å². The van der Waals surface area contributed by atoms with E-state index in [0.717, 1.165) is 24.1 Å². The summed E-state index contributed by atoms with van der Waals surface area (Å²) < 4.78 is 5.45. The normalized spacial score (nSPS) is 18.8. The number of urea groups is 1. The lowest BCUT2D eigenvalue weighted by atomic mass is 9.97. The maximum Gasteiger partial charge on any atom is 0.314 e. The molecule has 26 heavy (non-hydrogen) atoms. The van der Waals surface area contributed by atoms with Gasteiger partial charge in [-0.05, 0) is 44.2 Å². The van der Waals surface area contributed by atoms with E-state index in [9.17, 15) is 14.4 Å². The van der Waals surface area contributed by atoms with Crippen LogP contribution in [-0.4, -0.2) is 48.5 Å². The fraction of sp³-hybridized carbons (Fsp3) is 0.526. The Morgan fingerprint density at radius 3 is 2.54 bits per heavy atom. The molecule has 1 aromatic carbocycles. The van der Waals surface area contributed by atoms with Gasteiger partial charge in [0, 0.05) is 25.3 Å². The van der Waals surface area contributed by atoms with E-state index < -0.39 is 12.1 Å². The predicted octanol–water partition coefficient (Wildman–Crippen LogP) is 1.69. The first-order valence-corrected chi connectivity index (χ1v) is 9.11. The zero-order chi connectivity index (χ0) is 18.7. The molecular weight excluding hydrogens is 334 g/mol. The molecule has 1 atom stereocenters. The SMILES string of the molecule is C[C@H](OC(=O)C1CCN(C(N)=O)CC1)C(=O)N1CCCc2ccccc21. The van der Waals surface area contributed by atoms with Crippen molar-refractivity contribution < 1.29 is 19.1 Å². The minimum absolute atomic E-state index is 0.194. The average Bonchev–Trinajstić information content (AvgIpc) is 2.66. The van der Waals surface area contributed by atoms with Gasteiger partial charge in [0.25, 0.3) is 5.91 Å². The first-order chi connectivity index (χ1) is 12.5. The highest BCUT2D eigenvalue weighted by Crippen LogP contribution is 2.28. The Bertz CT molecular complexity index is 698. The van der Waals surface area contributed by atoms with Gasteiger partial charge in [-0.25, -0.2) is 4.79 Å². The number of hydrogen-bond donors (Lipinski definition) is 1. The number of nitrogens with zero attached hydrogens (tertiary/aromatic N) is 2. The molecule has 2 N–H and O–H groups in total. The van der Waals surface area contributed by atoms with E-state index in [1.807, 2.05) is 24.3 Å². The molecule has 0 radical (unpaired) electrons. The number of fused-ring (bicyclic) bond motifs is 1. The van der Waals surface area contributed by atoms with Gasteiger partial charge in [-0.15, -0.1) is 0 Å². The molecule has 0 aromatic heterocycles. The van der Waals surface area contributed by atoms with E-state index in [-0.39, 0.29) is 17.8 Å². The van der Waals surface area contributed by atoms with Crippen LogP contribution in [0.1, 0.15) is 31.7 Å². The Kier molecular flexibility index (Phi) is 5.44. The summed E-state index contributed by atoms with van der Waals surface area (Å²) >= 11 is 0. The highest BCUT2D eigenvalue weighted by molar-refractivity contribution is 5.98. The summed E-state index contributed by atoms with van der Waals surface area (Å²) in [7, 11) is 0. The molecule has 0 bridgehead atoms. The van der Waals surface area contributed by atoms with Crippen LogP contribution >= 0.6 is 0 Å². The van der Waals surface area contributed by atoms with Gasteiger partial charge in [0.2, 0.25) is 0 Å². The Balaban J connectivity index is 1.58. The van der Waals surface area contributed by atoms with E-state index in [1.54, 1.807) is 11.8 Å². The minimum Gasteiger partial charge on any atom is -0.452 e. The topological polar surface area (TPSA) is 92.9 Å². The van der Waals surface area contributed by atoms with Gasteiger partial charge in [0.1, 0.15) is 0 Å². The molecule has 2 aliphatic heterocycles. The lowest BCUT2D eigenvalue weighted by Crippen LogP contribution is -2.45. The van der Waals surface area contributed by atoms with Crippen molar-refractivity contribution in [3.63, 3.8) is 0 Å². The van der Waals surface area contributed by atoms with Gasteiger partial charge in [0.05, 0.1) is 5.92 Å². The van der Waals surface area contributed by atoms with E-state index >= 15 is 0 Å². The van der Waals surface area contributed by atoms with Gasteiger partial charge >= 0.3 is 12.0 Å². The molecule has 0 saturated carbocycles. The summed E-state index contributed by atoms with van der Waals surface area (Å²) in [5, 5.41) is 0. The molecule has 0 spiro atoms. The number of piperidine rings is 1. The molecule has 1 aromatic rings. The quantitative estimate of drug-likeness (QED) is 0.831. The third-order valence-corrected chi connectivity index (χ3v) is 5.16.